The summed E-state index contributed by atoms with van der Waals surface area (Å²) in [5.74, 6) is -0.830. The van der Waals surface area contributed by atoms with E-state index in [0.717, 1.165) is 18.4 Å². The van der Waals surface area contributed by atoms with Crippen molar-refractivity contribution in [2.45, 2.75) is 24.9 Å². The van der Waals surface area contributed by atoms with Crippen molar-refractivity contribution in [3.63, 3.8) is 0 Å². The summed E-state index contributed by atoms with van der Waals surface area (Å²) in [4.78, 5) is 34.1. The number of esters is 1. The first kappa shape index (κ1) is 17.4. The molecule has 0 atom stereocenters. The number of carbonyl (C=O) groups excluding carboxylic acids is 2. The van der Waals surface area contributed by atoms with Crippen molar-refractivity contribution in [3.05, 3.63) is 52.8 Å². The highest BCUT2D eigenvalue weighted by molar-refractivity contribution is 5.98. The maximum Gasteiger partial charge on any atom is 0.360 e. The van der Waals surface area contributed by atoms with Gasteiger partial charge in [0.05, 0.1) is 43.2 Å². The molecule has 8 heteroatoms. The van der Waals surface area contributed by atoms with Gasteiger partial charge < -0.3 is 9.57 Å². The van der Waals surface area contributed by atoms with E-state index in [1.54, 1.807) is 35.1 Å². The van der Waals surface area contributed by atoms with Gasteiger partial charge in [-0.3, -0.25) is 9.67 Å². The number of nitrogens with zero attached hydrogens (tertiary/aromatic N) is 4. The van der Waals surface area contributed by atoms with Crippen molar-refractivity contribution < 1.29 is 19.2 Å². The molecule has 1 aliphatic carbocycles. The second-order valence-corrected chi connectivity index (χ2v) is 6.68. The van der Waals surface area contributed by atoms with Crippen LogP contribution in [-0.4, -0.2) is 53.7 Å². The van der Waals surface area contributed by atoms with E-state index < -0.39 is 5.97 Å². The minimum Gasteiger partial charge on any atom is -0.465 e. The van der Waals surface area contributed by atoms with Crippen LogP contribution in [0.4, 0.5) is 0 Å². The Bertz CT molecular complexity index is 912. The molecule has 0 N–H and O–H groups in total. The summed E-state index contributed by atoms with van der Waals surface area (Å²) in [6, 6.07) is 7.19. The van der Waals surface area contributed by atoms with E-state index in [-0.39, 0.29) is 11.5 Å². The SMILES string of the molecule is COC(=O)c1ccc(C2(N(C)OC(=O)c3cnn4c3C=NCC4)CC2)cc1. The quantitative estimate of drug-likeness (QED) is 0.591. The first-order chi connectivity index (χ1) is 13.0. The third kappa shape index (κ3) is 3.02. The molecule has 2 aromatic rings. The van der Waals surface area contributed by atoms with E-state index in [1.807, 2.05) is 12.1 Å². The number of methoxy groups -OCH3 is 1. The largest absolute Gasteiger partial charge is 0.465 e. The van der Waals surface area contributed by atoms with E-state index in [1.165, 1.54) is 13.3 Å². The molecule has 1 aromatic carbocycles. The Morgan fingerprint density at radius 3 is 2.59 bits per heavy atom. The Morgan fingerprint density at radius 1 is 1.19 bits per heavy atom. The van der Waals surface area contributed by atoms with Crippen molar-refractivity contribution >= 4 is 18.2 Å². The molecule has 140 valence electrons. The summed E-state index contributed by atoms with van der Waals surface area (Å²) in [7, 11) is 3.11. The summed E-state index contributed by atoms with van der Waals surface area (Å²) in [6.07, 6.45) is 4.91. The Balaban J connectivity index is 1.50. The average Bonchev–Trinajstić information content (AvgIpc) is 3.40. The lowest BCUT2D eigenvalue weighted by Gasteiger charge is -2.27. The van der Waals surface area contributed by atoms with Crippen molar-refractivity contribution in [3.8, 4) is 0 Å². The van der Waals surface area contributed by atoms with Crippen molar-refractivity contribution in [1.82, 2.24) is 14.8 Å². The fourth-order valence-electron chi connectivity index (χ4n) is 3.37. The molecule has 0 spiro atoms. The number of hydrogen-bond acceptors (Lipinski definition) is 7. The van der Waals surface area contributed by atoms with Crippen LogP contribution >= 0.6 is 0 Å². The Morgan fingerprint density at radius 2 is 1.93 bits per heavy atom. The lowest BCUT2D eigenvalue weighted by Crippen LogP contribution is -2.34. The predicted molar refractivity (Wildman–Crippen MR) is 96.6 cm³/mol. The van der Waals surface area contributed by atoms with Crippen molar-refractivity contribution in [2.24, 2.45) is 4.99 Å². The number of aliphatic imine (C=N–C) groups is 1. The van der Waals surface area contributed by atoms with Crippen LogP contribution in [0.15, 0.2) is 35.5 Å². The lowest BCUT2D eigenvalue weighted by molar-refractivity contribution is -0.131. The molecule has 0 saturated heterocycles. The highest BCUT2D eigenvalue weighted by Gasteiger charge is 2.50. The van der Waals surface area contributed by atoms with Crippen LogP contribution in [-0.2, 0) is 21.7 Å². The van der Waals surface area contributed by atoms with Gasteiger partial charge in [-0.1, -0.05) is 12.1 Å². The minimum absolute atomic E-state index is 0.369. The van der Waals surface area contributed by atoms with E-state index in [0.29, 0.717) is 29.9 Å². The molecule has 2 aliphatic rings. The number of carbonyl (C=O) groups is 2. The van der Waals surface area contributed by atoms with E-state index >= 15 is 0 Å². The van der Waals surface area contributed by atoms with Crippen molar-refractivity contribution in [2.75, 3.05) is 20.7 Å². The Labute approximate surface area is 156 Å². The van der Waals surface area contributed by atoms with Crippen LogP contribution in [0.5, 0.6) is 0 Å². The number of fused-ring (bicyclic) bond motifs is 1. The Kier molecular flexibility index (Phi) is 4.27. The first-order valence-corrected chi connectivity index (χ1v) is 8.76. The van der Waals surface area contributed by atoms with Crippen LogP contribution in [0.2, 0.25) is 0 Å². The summed E-state index contributed by atoms with van der Waals surface area (Å²) in [5, 5.41) is 5.82. The number of aromatic nitrogens is 2. The number of hydrogen-bond donors (Lipinski definition) is 0. The molecule has 0 amide bonds. The van der Waals surface area contributed by atoms with Crippen molar-refractivity contribution in [1.29, 1.82) is 0 Å². The third-order valence-corrected chi connectivity index (χ3v) is 5.14. The summed E-state index contributed by atoms with van der Waals surface area (Å²) in [5.41, 5.74) is 2.19. The van der Waals surface area contributed by atoms with Gasteiger partial charge in [-0.25, -0.2) is 9.59 Å². The smallest absolute Gasteiger partial charge is 0.360 e. The maximum absolute atomic E-state index is 12.6. The fraction of sp³-hybridized carbons (Fsp3) is 0.368. The zero-order valence-electron chi connectivity index (χ0n) is 15.2. The molecule has 8 nitrogen and oxygen atoms in total. The molecule has 2 heterocycles. The second kappa shape index (κ2) is 6.62. The Hall–Kier alpha value is -3.00. The predicted octanol–water partition coefficient (Wildman–Crippen LogP) is 1.80. The van der Waals surface area contributed by atoms with Gasteiger partial charge in [0.15, 0.2) is 0 Å². The summed E-state index contributed by atoms with van der Waals surface area (Å²) < 4.78 is 6.48. The van der Waals surface area contributed by atoms with Gasteiger partial charge in [0.1, 0.15) is 5.56 Å². The van der Waals surface area contributed by atoms with Crippen LogP contribution in [0.25, 0.3) is 0 Å². The molecule has 4 rings (SSSR count). The molecular weight excluding hydrogens is 348 g/mol. The third-order valence-electron chi connectivity index (χ3n) is 5.14. The highest BCUT2D eigenvalue weighted by atomic mass is 16.7. The highest BCUT2D eigenvalue weighted by Crippen LogP contribution is 2.50. The average molecular weight is 368 g/mol. The minimum atomic E-state index is -0.454. The molecule has 0 bridgehead atoms. The van der Waals surface area contributed by atoms with E-state index in [2.05, 4.69) is 10.1 Å². The molecule has 0 radical (unpaired) electrons. The molecule has 1 fully saturated rings. The number of hydroxylamine groups is 2. The number of rotatable bonds is 5. The van der Waals surface area contributed by atoms with Gasteiger partial charge in [0.25, 0.3) is 0 Å². The molecule has 1 aliphatic heterocycles. The molecule has 27 heavy (non-hydrogen) atoms. The van der Waals surface area contributed by atoms with Gasteiger partial charge in [-0.05, 0) is 30.5 Å². The maximum atomic E-state index is 12.6. The fourth-order valence-corrected chi connectivity index (χ4v) is 3.37. The lowest BCUT2D eigenvalue weighted by atomic mass is 10.0. The van der Waals surface area contributed by atoms with Gasteiger partial charge in [0, 0.05) is 13.3 Å². The molecule has 1 saturated carbocycles. The van der Waals surface area contributed by atoms with Crippen LogP contribution in [0, 0.1) is 0 Å². The monoisotopic (exact) mass is 368 g/mol. The van der Waals surface area contributed by atoms with Crippen LogP contribution in [0.3, 0.4) is 0 Å². The number of benzene rings is 1. The number of ether oxygens (including phenoxy) is 1. The topological polar surface area (TPSA) is 86.0 Å². The summed E-state index contributed by atoms with van der Waals surface area (Å²) in [6.45, 7) is 1.32. The summed E-state index contributed by atoms with van der Waals surface area (Å²) >= 11 is 0. The van der Waals surface area contributed by atoms with Gasteiger partial charge >= 0.3 is 11.9 Å². The van der Waals surface area contributed by atoms with E-state index in [4.69, 9.17) is 9.57 Å². The first-order valence-electron chi connectivity index (χ1n) is 8.76. The zero-order chi connectivity index (χ0) is 19.0. The molecule has 1 aromatic heterocycles. The van der Waals surface area contributed by atoms with Crippen LogP contribution < -0.4 is 0 Å². The van der Waals surface area contributed by atoms with Gasteiger partial charge in [0.2, 0.25) is 0 Å². The normalized spacial score (nSPS) is 16.7. The van der Waals surface area contributed by atoms with Gasteiger partial charge in [-0.2, -0.15) is 5.10 Å². The van der Waals surface area contributed by atoms with E-state index in [9.17, 15) is 9.59 Å². The second-order valence-electron chi connectivity index (χ2n) is 6.68. The van der Waals surface area contributed by atoms with Crippen LogP contribution in [0.1, 0.15) is 44.8 Å². The molecule has 0 unspecified atom stereocenters. The van der Waals surface area contributed by atoms with Gasteiger partial charge in [-0.15, -0.1) is 5.06 Å². The zero-order valence-corrected chi connectivity index (χ0v) is 15.2. The standard InChI is InChI=1S/C19H20N4O4/c1-22(27-18(25)15-11-21-23-10-9-20-12-16(15)23)19(7-8-19)14-5-3-13(4-6-14)17(24)26-2/h3-6,11-12H,7-10H2,1-2H3. The molecular formula is C19H20N4O4.